The van der Waals surface area contributed by atoms with Gasteiger partial charge in [-0.1, -0.05) is 30.3 Å². The van der Waals surface area contributed by atoms with Crippen molar-refractivity contribution in [3.8, 4) is 16.8 Å². The van der Waals surface area contributed by atoms with E-state index in [0.29, 0.717) is 11.4 Å². The molecule has 0 atom stereocenters. The summed E-state index contributed by atoms with van der Waals surface area (Å²) in [5.41, 5.74) is 2.78. The minimum Gasteiger partial charge on any atom is -0.321 e. The summed E-state index contributed by atoms with van der Waals surface area (Å²) in [4.78, 5) is 25.4. The van der Waals surface area contributed by atoms with Gasteiger partial charge in [0.2, 0.25) is 5.95 Å². The fourth-order valence-corrected chi connectivity index (χ4v) is 3.40. The highest BCUT2D eigenvalue weighted by atomic mass is 19.1. The van der Waals surface area contributed by atoms with Gasteiger partial charge in [0, 0.05) is 24.0 Å². The Bertz CT molecular complexity index is 1500. The number of anilines is 3. The van der Waals surface area contributed by atoms with Crippen LogP contribution in [0.15, 0.2) is 91.6 Å². The molecule has 35 heavy (non-hydrogen) atoms. The van der Waals surface area contributed by atoms with Crippen LogP contribution in [0.1, 0.15) is 10.5 Å². The number of carbonyl (C=O) groups is 1. The lowest BCUT2D eigenvalue weighted by atomic mass is 10.1. The average Bonchev–Trinajstić information content (AvgIpc) is 3.34. The van der Waals surface area contributed by atoms with Gasteiger partial charge in [0.1, 0.15) is 23.0 Å². The van der Waals surface area contributed by atoms with Crippen molar-refractivity contribution in [2.75, 3.05) is 10.6 Å². The van der Waals surface area contributed by atoms with Gasteiger partial charge in [-0.2, -0.15) is 5.10 Å². The minimum atomic E-state index is -0.624. The summed E-state index contributed by atoms with van der Waals surface area (Å²) in [6.45, 7) is 0. The lowest BCUT2D eigenvalue weighted by Crippen LogP contribution is -2.15. The van der Waals surface area contributed by atoms with Crippen molar-refractivity contribution in [3.05, 3.63) is 109 Å². The molecule has 10 heteroatoms. The predicted molar refractivity (Wildman–Crippen MR) is 126 cm³/mol. The second kappa shape index (κ2) is 9.48. The van der Waals surface area contributed by atoms with Crippen LogP contribution < -0.4 is 10.6 Å². The van der Waals surface area contributed by atoms with Crippen molar-refractivity contribution in [1.29, 1.82) is 0 Å². The predicted octanol–water partition coefficient (Wildman–Crippen LogP) is 5.00. The van der Waals surface area contributed by atoms with Gasteiger partial charge in [-0.3, -0.25) is 9.78 Å². The van der Waals surface area contributed by atoms with Gasteiger partial charge in [0.25, 0.3) is 5.91 Å². The third-order valence-electron chi connectivity index (χ3n) is 5.04. The first-order valence-electron chi connectivity index (χ1n) is 10.5. The van der Waals surface area contributed by atoms with E-state index in [9.17, 15) is 13.6 Å². The standard InChI is InChI=1S/C25H17F2N7O/c26-17-6-7-20(27)23(12-17)34-15-18(13-30-34)31-25-29-11-9-21(33-25)24(35)32-22-14-28-10-8-19(22)16-4-2-1-3-5-16/h1-15H,(H,32,35)(H,29,31,33). The Hall–Kier alpha value is -4.99. The number of hydrogen-bond acceptors (Lipinski definition) is 6. The van der Waals surface area contributed by atoms with Gasteiger partial charge >= 0.3 is 0 Å². The second-order valence-corrected chi connectivity index (χ2v) is 7.40. The molecule has 2 aromatic carbocycles. The maximum absolute atomic E-state index is 14.0. The van der Waals surface area contributed by atoms with E-state index in [4.69, 9.17) is 0 Å². The molecule has 172 valence electrons. The van der Waals surface area contributed by atoms with Gasteiger partial charge in [0.15, 0.2) is 0 Å². The van der Waals surface area contributed by atoms with E-state index >= 15 is 0 Å². The Labute approximate surface area is 198 Å². The van der Waals surface area contributed by atoms with Crippen LogP contribution in [0.2, 0.25) is 0 Å². The topological polar surface area (TPSA) is 97.6 Å². The summed E-state index contributed by atoms with van der Waals surface area (Å²) < 4.78 is 28.7. The Balaban J connectivity index is 1.34. The molecule has 3 heterocycles. The highest BCUT2D eigenvalue weighted by Crippen LogP contribution is 2.27. The van der Waals surface area contributed by atoms with Crippen molar-refractivity contribution in [2.45, 2.75) is 0 Å². The van der Waals surface area contributed by atoms with E-state index in [2.05, 4.69) is 30.7 Å². The molecule has 0 aliphatic carbocycles. The summed E-state index contributed by atoms with van der Waals surface area (Å²) in [7, 11) is 0. The lowest BCUT2D eigenvalue weighted by Gasteiger charge is -2.11. The second-order valence-electron chi connectivity index (χ2n) is 7.40. The van der Waals surface area contributed by atoms with Crippen molar-refractivity contribution in [2.24, 2.45) is 0 Å². The zero-order chi connectivity index (χ0) is 24.2. The molecule has 5 aromatic rings. The smallest absolute Gasteiger partial charge is 0.274 e. The Morgan fingerprint density at radius 2 is 1.80 bits per heavy atom. The Morgan fingerprint density at radius 3 is 2.66 bits per heavy atom. The molecule has 5 rings (SSSR count). The van der Waals surface area contributed by atoms with Crippen LogP contribution >= 0.6 is 0 Å². The van der Waals surface area contributed by atoms with E-state index in [1.165, 1.54) is 29.3 Å². The number of rotatable bonds is 6. The van der Waals surface area contributed by atoms with E-state index in [1.54, 1.807) is 12.4 Å². The zero-order valence-corrected chi connectivity index (χ0v) is 18.1. The number of pyridine rings is 1. The Kier molecular flexibility index (Phi) is 5.91. The molecule has 0 unspecified atom stereocenters. The molecular formula is C25H17F2N7O. The minimum absolute atomic E-state index is 0.0437. The normalized spacial score (nSPS) is 10.7. The van der Waals surface area contributed by atoms with Gasteiger partial charge < -0.3 is 10.6 Å². The maximum Gasteiger partial charge on any atom is 0.274 e. The number of carbonyl (C=O) groups excluding carboxylic acids is 1. The molecule has 0 aliphatic rings. The van der Waals surface area contributed by atoms with Crippen LogP contribution in [-0.2, 0) is 0 Å². The third-order valence-corrected chi connectivity index (χ3v) is 5.04. The number of benzene rings is 2. The fourth-order valence-electron chi connectivity index (χ4n) is 3.40. The van der Waals surface area contributed by atoms with Gasteiger partial charge in [-0.15, -0.1) is 0 Å². The number of nitrogens with one attached hydrogen (secondary N) is 2. The number of aromatic nitrogens is 5. The summed E-state index contributed by atoms with van der Waals surface area (Å²) in [5.74, 6) is -1.52. The molecular weight excluding hydrogens is 452 g/mol. The molecule has 0 radical (unpaired) electrons. The van der Waals surface area contributed by atoms with Crippen LogP contribution in [0.5, 0.6) is 0 Å². The number of amides is 1. The molecule has 0 fully saturated rings. The van der Waals surface area contributed by atoms with Crippen molar-refractivity contribution < 1.29 is 13.6 Å². The van der Waals surface area contributed by atoms with Gasteiger partial charge in [-0.25, -0.2) is 23.4 Å². The van der Waals surface area contributed by atoms with E-state index < -0.39 is 17.5 Å². The highest BCUT2D eigenvalue weighted by Gasteiger charge is 2.14. The number of hydrogen-bond donors (Lipinski definition) is 2. The van der Waals surface area contributed by atoms with Gasteiger partial charge in [-0.05, 0) is 29.8 Å². The van der Waals surface area contributed by atoms with Crippen LogP contribution in [0, 0.1) is 11.6 Å². The Morgan fingerprint density at radius 1 is 0.943 bits per heavy atom. The summed E-state index contributed by atoms with van der Waals surface area (Å²) >= 11 is 0. The van der Waals surface area contributed by atoms with Crippen LogP contribution in [0.25, 0.3) is 16.8 Å². The largest absolute Gasteiger partial charge is 0.321 e. The molecule has 1 amide bonds. The van der Waals surface area contributed by atoms with Crippen LogP contribution in [-0.4, -0.2) is 30.6 Å². The molecule has 3 aromatic heterocycles. The van der Waals surface area contributed by atoms with Crippen LogP contribution in [0.3, 0.4) is 0 Å². The van der Waals surface area contributed by atoms with E-state index in [1.807, 2.05) is 36.4 Å². The highest BCUT2D eigenvalue weighted by molar-refractivity contribution is 6.05. The quantitative estimate of drug-likeness (QED) is 0.363. The maximum atomic E-state index is 14.0. The van der Waals surface area contributed by atoms with Crippen molar-refractivity contribution in [3.63, 3.8) is 0 Å². The fraction of sp³-hybridized carbons (Fsp3) is 0. The molecule has 0 bridgehead atoms. The molecule has 0 aliphatic heterocycles. The first-order chi connectivity index (χ1) is 17.1. The van der Waals surface area contributed by atoms with Crippen LogP contribution in [0.4, 0.5) is 26.1 Å². The zero-order valence-electron chi connectivity index (χ0n) is 18.1. The van der Waals surface area contributed by atoms with E-state index in [0.717, 1.165) is 29.3 Å². The van der Waals surface area contributed by atoms with Crippen molar-refractivity contribution in [1.82, 2.24) is 24.7 Å². The lowest BCUT2D eigenvalue weighted by molar-refractivity contribution is 0.102. The molecule has 0 saturated heterocycles. The average molecular weight is 469 g/mol. The number of halogens is 2. The van der Waals surface area contributed by atoms with Gasteiger partial charge in [0.05, 0.1) is 30.0 Å². The first kappa shape index (κ1) is 21.8. The molecule has 2 N–H and O–H groups in total. The molecule has 0 spiro atoms. The first-order valence-corrected chi connectivity index (χ1v) is 10.5. The number of nitrogens with zero attached hydrogens (tertiary/aromatic N) is 5. The molecule has 8 nitrogen and oxygen atoms in total. The molecule has 0 saturated carbocycles. The van der Waals surface area contributed by atoms with Crippen molar-refractivity contribution >= 4 is 23.2 Å². The summed E-state index contributed by atoms with van der Waals surface area (Å²) in [5, 5.41) is 9.79. The monoisotopic (exact) mass is 469 g/mol. The van der Waals surface area contributed by atoms with E-state index in [-0.39, 0.29) is 17.3 Å². The third kappa shape index (κ3) is 4.86. The SMILES string of the molecule is O=C(Nc1cnccc1-c1ccccc1)c1ccnc(Nc2cnn(-c3cc(F)ccc3F)c2)n1. The summed E-state index contributed by atoms with van der Waals surface area (Å²) in [6, 6.07) is 16.0. The summed E-state index contributed by atoms with van der Waals surface area (Å²) in [6.07, 6.45) is 7.52.